The molecule has 0 amide bonds. The summed E-state index contributed by atoms with van der Waals surface area (Å²) in [6.45, 7) is 8.66. The maximum Gasteiger partial charge on any atom is 0.347 e. The van der Waals surface area contributed by atoms with Crippen molar-refractivity contribution >= 4 is 22.9 Å². The molecule has 1 aromatic heterocycles. The van der Waals surface area contributed by atoms with Crippen LogP contribution in [0, 0.1) is 6.92 Å². The molecule has 0 bridgehead atoms. The monoisotopic (exact) mass is 392 g/mol. The van der Waals surface area contributed by atoms with Gasteiger partial charge in [0.15, 0.2) is 12.2 Å². The molecule has 0 aliphatic rings. The van der Waals surface area contributed by atoms with Crippen molar-refractivity contribution in [3.8, 4) is 11.5 Å². The highest BCUT2D eigenvalue weighted by Crippen LogP contribution is 2.34. The van der Waals surface area contributed by atoms with Crippen molar-refractivity contribution < 1.29 is 33.0 Å². The van der Waals surface area contributed by atoms with Gasteiger partial charge in [0.2, 0.25) is 0 Å². The molecule has 0 fully saturated rings. The van der Waals surface area contributed by atoms with Crippen molar-refractivity contribution in [1.82, 2.24) is 0 Å². The third-order valence-electron chi connectivity index (χ3n) is 3.83. The van der Waals surface area contributed by atoms with Crippen molar-refractivity contribution in [2.45, 2.75) is 46.8 Å². The molecule has 1 aromatic carbocycles. The molecule has 0 unspecified atom stereocenters. The summed E-state index contributed by atoms with van der Waals surface area (Å²) in [5.41, 5.74) is 0.289. The fraction of sp³-hybridized carbons (Fsp3) is 0.450. The van der Waals surface area contributed by atoms with Gasteiger partial charge in [-0.2, -0.15) is 0 Å². The van der Waals surface area contributed by atoms with Gasteiger partial charge >= 0.3 is 17.6 Å². The molecule has 0 N–H and O–H groups in total. The fourth-order valence-electron chi connectivity index (χ4n) is 2.59. The molecule has 8 heteroatoms. The Bertz CT molecular complexity index is 914. The molecule has 1 heterocycles. The van der Waals surface area contributed by atoms with Crippen LogP contribution < -0.4 is 15.1 Å². The summed E-state index contributed by atoms with van der Waals surface area (Å²) in [4.78, 5) is 35.5. The third-order valence-corrected chi connectivity index (χ3v) is 3.83. The Morgan fingerprint density at radius 2 is 1.54 bits per heavy atom. The topological polar surface area (TPSA) is 101 Å². The lowest BCUT2D eigenvalue weighted by Gasteiger charge is -2.18. The predicted octanol–water partition coefficient (Wildman–Crippen LogP) is 2.76. The Morgan fingerprint density at radius 1 is 0.964 bits per heavy atom. The Labute approximate surface area is 162 Å². The summed E-state index contributed by atoms with van der Waals surface area (Å²) in [6, 6.07) is 4.34. The Kier molecular flexibility index (Phi) is 7.03. The van der Waals surface area contributed by atoms with Gasteiger partial charge in [0.25, 0.3) is 0 Å². The van der Waals surface area contributed by atoms with Gasteiger partial charge in [0.05, 0.1) is 18.6 Å². The van der Waals surface area contributed by atoms with Gasteiger partial charge in [-0.05, 0) is 40.2 Å². The highest BCUT2D eigenvalue weighted by atomic mass is 16.6. The van der Waals surface area contributed by atoms with Gasteiger partial charge < -0.3 is 23.4 Å². The lowest BCUT2D eigenvalue weighted by molar-refractivity contribution is -0.151. The maximum atomic E-state index is 11.9. The second kappa shape index (κ2) is 9.25. The molecule has 2 aromatic rings. The summed E-state index contributed by atoms with van der Waals surface area (Å²) >= 11 is 0. The molecular formula is C20H24O8. The van der Waals surface area contributed by atoms with E-state index in [-0.39, 0.29) is 30.3 Å². The van der Waals surface area contributed by atoms with E-state index in [2.05, 4.69) is 0 Å². The number of rotatable bonds is 8. The van der Waals surface area contributed by atoms with E-state index >= 15 is 0 Å². The lowest BCUT2D eigenvalue weighted by Crippen LogP contribution is -2.27. The molecule has 0 saturated carbocycles. The van der Waals surface area contributed by atoms with Crippen molar-refractivity contribution in [1.29, 1.82) is 0 Å². The van der Waals surface area contributed by atoms with Gasteiger partial charge in [0, 0.05) is 18.2 Å². The lowest BCUT2D eigenvalue weighted by atomic mass is 10.1. The van der Waals surface area contributed by atoms with Crippen LogP contribution in [0.1, 0.15) is 33.3 Å². The van der Waals surface area contributed by atoms with E-state index in [1.165, 1.54) is 25.1 Å². The minimum atomic E-state index is -0.896. The first-order valence-electron chi connectivity index (χ1n) is 9.01. The van der Waals surface area contributed by atoms with E-state index in [0.717, 1.165) is 0 Å². The smallest absolute Gasteiger partial charge is 0.347 e. The highest BCUT2D eigenvalue weighted by Gasteiger charge is 2.22. The number of hydrogen-bond donors (Lipinski definition) is 0. The highest BCUT2D eigenvalue weighted by molar-refractivity contribution is 5.89. The first-order valence-corrected chi connectivity index (χ1v) is 9.01. The molecule has 0 radical (unpaired) electrons. The molecule has 0 saturated heterocycles. The number of hydrogen-bond acceptors (Lipinski definition) is 8. The number of carbonyl (C=O) groups excluding carboxylic acids is 2. The Balaban J connectivity index is 2.46. The normalized spacial score (nSPS) is 12.9. The van der Waals surface area contributed by atoms with Crippen molar-refractivity contribution in [2.24, 2.45) is 0 Å². The van der Waals surface area contributed by atoms with Crippen LogP contribution >= 0.6 is 0 Å². The average Bonchev–Trinajstić information content (AvgIpc) is 2.61. The van der Waals surface area contributed by atoms with E-state index in [1.807, 2.05) is 0 Å². The zero-order valence-corrected chi connectivity index (χ0v) is 16.6. The second-order valence-corrected chi connectivity index (χ2v) is 6.07. The van der Waals surface area contributed by atoms with Gasteiger partial charge in [-0.15, -0.1) is 0 Å². The van der Waals surface area contributed by atoms with Crippen molar-refractivity contribution in [3.63, 3.8) is 0 Å². The SMILES string of the molecule is CCOC(=O)[C@H](C)Oc1cc(O[C@@H](C)C(=O)OCC)c2c(C)cc(=O)oc2c1. The summed E-state index contributed by atoms with van der Waals surface area (Å²) in [5, 5.41) is 0.520. The minimum absolute atomic E-state index is 0.213. The van der Waals surface area contributed by atoms with Gasteiger partial charge in [-0.25, -0.2) is 14.4 Å². The minimum Gasteiger partial charge on any atom is -0.479 e. The molecule has 2 rings (SSSR count). The van der Waals surface area contributed by atoms with Gasteiger partial charge in [-0.3, -0.25) is 0 Å². The molecule has 8 nitrogen and oxygen atoms in total. The standard InChI is InChI=1S/C20H24O8/c1-6-24-19(22)12(4)26-14-9-15(27-13(5)20(23)25-7-2)18-11(3)8-17(21)28-16(18)10-14/h8-10,12-13H,6-7H2,1-5H3/t12-,13-/m0/s1. The van der Waals surface area contributed by atoms with Gasteiger partial charge in [0.1, 0.15) is 17.1 Å². The number of carbonyl (C=O) groups is 2. The van der Waals surface area contributed by atoms with E-state index in [9.17, 15) is 14.4 Å². The average molecular weight is 392 g/mol. The fourth-order valence-corrected chi connectivity index (χ4v) is 2.59. The number of benzene rings is 1. The summed E-state index contributed by atoms with van der Waals surface area (Å²) in [7, 11) is 0. The predicted molar refractivity (Wildman–Crippen MR) is 101 cm³/mol. The molecule has 0 aliphatic heterocycles. The van der Waals surface area contributed by atoms with Crippen LogP contribution in [-0.2, 0) is 19.1 Å². The maximum absolute atomic E-state index is 11.9. The van der Waals surface area contributed by atoms with Crippen LogP contribution in [0.5, 0.6) is 11.5 Å². The molecule has 152 valence electrons. The Hall–Kier alpha value is -3.03. The van der Waals surface area contributed by atoms with E-state index in [4.69, 9.17) is 23.4 Å². The number of esters is 2. The number of ether oxygens (including phenoxy) is 4. The van der Waals surface area contributed by atoms with E-state index in [0.29, 0.717) is 10.9 Å². The third kappa shape index (κ3) is 5.03. The van der Waals surface area contributed by atoms with E-state index in [1.54, 1.807) is 27.7 Å². The van der Waals surface area contributed by atoms with E-state index < -0.39 is 29.8 Å². The molecule has 0 aliphatic carbocycles. The summed E-state index contributed by atoms with van der Waals surface area (Å²) in [6.07, 6.45) is -1.78. The van der Waals surface area contributed by atoms with Crippen LogP contribution in [0.25, 0.3) is 11.0 Å². The van der Waals surface area contributed by atoms with Crippen LogP contribution in [0.2, 0.25) is 0 Å². The van der Waals surface area contributed by atoms with Crippen LogP contribution in [0.4, 0.5) is 0 Å². The largest absolute Gasteiger partial charge is 0.479 e. The number of aryl methyl sites for hydroxylation is 1. The molecule has 0 spiro atoms. The van der Waals surface area contributed by atoms with Crippen molar-refractivity contribution in [2.75, 3.05) is 13.2 Å². The summed E-state index contributed by atoms with van der Waals surface area (Å²) < 4.78 is 26.5. The van der Waals surface area contributed by atoms with Crippen LogP contribution in [0.15, 0.2) is 27.4 Å². The zero-order chi connectivity index (χ0) is 20.8. The van der Waals surface area contributed by atoms with Crippen LogP contribution in [0.3, 0.4) is 0 Å². The second-order valence-electron chi connectivity index (χ2n) is 6.07. The zero-order valence-electron chi connectivity index (χ0n) is 16.6. The first kappa shape index (κ1) is 21.3. The Morgan fingerprint density at radius 3 is 2.11 bits per heavy atom. The summed E-state index contributed by atoms with van der Waals surface area (Å²) in [5.74, 6) is -0.564. The molecular weight excluding hydrogens is 368 g/mol. The first-order chi connectivity index (χ1) is 13.3. The van der Waals surface area contributed by atoms with Crippen molar-refractivity contribution in [3.05, 3.63) is 34.2 Å². The number of fused-ring (bicyclic) bond motifs is 1. The van der Waals surface area contributed by atoms with Gasteiger partial charge in [-0.1, -0.05) is 0 Å². The molecule has 2 atom stereocenters. The molecule has 28 heavy (non-hydrogen) atoms. The van der Waals surface area contributed by atoms with Crippen LogP contribution in [-0.4, -0.2) is 37.4 Å². The quantitative estimate of drug-likeness (QED) is 0.499.